The van der Waals surface area contributed by atoms with Gasteiger partial charge in [-0.05, 0) is 80.2 Å². The number of hydrogen-bond acceptors (Lipinski definition) is 17. The van der Waals surface area contributed by atoms with Crippen molar-refractivity contribution >= 4 is 47.1 Å². The van der Waals surface area contributed by atoms with Crippen molar-refractivity contribution in [1.82, 2.24) is 24.8 Å². The molecule has 0 saturated carbocycles. The summed E-state index contributed by atoms with van der Waals surface area (Å²) in [6, 6.07) is 16.1. The van der Waals surface area contributed by atoms with Crippen molar-refractivity contribution in [3.63, 3.8) is 0 Å². The summed E-state index contributed by atoms with van der Waals surface area (Å²) in [6.45, 7) is 17.5. The first kappa shape index (κ1) is 71.1. The van der Waals surface area contributed by atoms with Gasteiger partial charge in [0.15, 0.2) is 5.78 Å². The quantitative estimate of drug-likeness (QED) is 0.0481. The topological polar surface area (TPSA) is 227 Å². The summed E-state index contributed by atoms with van der Waals surface area (Å²) in [7, 11) is 6.75. The van der Waals surface area contributed by atoms with Gasteiger partial charge in [-0.15, -0.1) is 5.06 Å². The third-order valence-electron chi connectivity index (χ3n) is 17.0. The molecule has 0 aromatic heterocycles. The smallest absolute Gasteiger partial charge is 0.335 e. The van der Waals surface area contributed by atoms with Gasteiger partial charge in [0.2, 0.25) is 17.7 Å². The summed E-state index contributed by atoms with van der Waals surface area (Å²) in [5.41, 5.74) is 1.93. The van der Waals surface area contributed by atoms with E-state index in [4.69, 9.17) is 38.1 Å². The molecule has 3 aliphatic heterocycles. The number of carbonyl (C=O) groups excluding carboxylic acids is 8. The van der Waals surface area contributed by atoms with Gasteiger partial charge in [0.05, 0.1) is 95.3 Å². The maximum absolute atomic E-state index is 14.8. The van der Waals surface area contributed by atoms with Crippen LogP contribution in [0, 0.1) is 35.5 Å². The van der Waals surface area contributed by atoms with E-state index in [0.29, 0.717) is 89.2 Å². The normalized spacial score (nSPS) is 18.4. The summed E-state index contributed by atoms with van der Waals surface area (Å²) in [5.74, 6) is -4.23. The van der Waals surface area contributed by atoms with Gasteiger partial charge in [0.1, 0.15) is 18.1 Å². The van der Waals surface area contributed by atoms with Gasteiger partial charge >= 0.3 is 5.97 Å². The first-order valence-corrected chi connectivity index (χ1v) is 31.1. The molecule has 2 aromatic carbocycles. The summed E-state index contributed by atoms with van der Waals surface area (Å²) in [6.07, 6.45) is 2.54. The Morgan fingerprint density at radius 3 is 1.95 bits per heavy atom. The van der Waals surface area contributed by atoms with E-state index in [1.54, 1.807) is 31.1 Å². The Morgan fingerprint density at radius 1 is 0.709 bits per heavy atom. The molecule has 21 nitrogen and oxygen atoms in total. The molecule has 3 aliphatic rings. The van der Waals surface area contributed by atoms with Crippen molar-refractivity contribution in [3.8, 4) is 5.75 Å². The van der Waals surface area contributed by atoms with Crippen LogP contribution in [0.2, 0.25) is 0 Å². The zero-order valence-electron chi connectivity index (χ0n) is 53.1. The van der Waals surface area contributed by atoms with Crippen LogP contribution >= 0.6 is 0 Å². The Balaban J connectivity index is 1.14. The number of amides is 5. The number of imide groups is 1. The maximum atomic E-state index is 14.8. The van der Waals surface area contributed by atoms with Crippen LogP contribution in [-0.4, -0.2) is 196 Å². The first-order valence-electron chi connectivity index (χ1n) is 31.1. The fraction of sp³-hybridized carbons (Fsp3) is 0.692. The average Bonchev–Trinajstić information content (AvgIpc) is 2.23. The van der Waals surface area contributed by atoms with Gasteiger partial charge in [0, 0.05) is 78.4 Å². The van der Waals surface area contributed by atoms with Gasteiger partial charge < -0.3 is 43.1 Å². The van der Waals surface area contributed by atoms with Gasteiger partial charge in [-0.2, -0.15) is 0 Å². The highest BCUT2D eigenvalue weighted by atomic mass is 16.7. The molecule has 0 spiro atoms. The number of carbonyl (C=O) groups is 8. The molecular weight excluding hydrogens is 1110 g/mol. The lowest BCUT2D eigenvalue weighted by Gasteiger charge is -2.41. The molecule has 86 heavy (non-hydrogen) atoms. The molecule has 0 bridgehead atoms. The van der Waals surface area contributed by atoms with Crippen LogP contribution in [0.3, 0.4) is 0 Å². The van der Waals surface area contributed by atoms with E-state index in [1.807, 2.05) is 115 Å². The minimum absolute atomic E-state index is 0.0233. The van der Waals surface area contributed by atoms with E-state index >= 15 is 0 Å². The van der Waals surface area contributed by atoms with Crippen LogP contribution in [0.4, 0.5) is 0 Å². The number of hydrogen-bond donors (Lipinski definition) is 0. The third-order valence-corrected chi connectivity index (χ3v) is 17.0. The second-order valence-electron chi connectivity index (χ2n) is 23.9. The van der Waals surface area contributed by atoms with E-state index in [9.17, 15) is 38.4 Å². The van der Waals surface area contributed by atoms with Crippen molar-refractivity contribution in [3.05, 3.63) is 65.7 Å². The number of benzene rings is 2. The van der Waals surface area contributed by atoms with Crippen molar-refractivity contribution in [2.45, 2.75) is 162 Å². The van der Waals surface area contributed by atoms with E-state index in [0.717, 1.165) is 24.0 Å². The lowest BCUT2D eigenvalue weighted by molar-refractivity contribution is -0.201. The Bertz CT molecular complexity index is 2440. The van der Waals surface area contributed by atoms with Crippen molar-refractivity contribution < 1.29 is 76.5 Å². The predicted molar refractivity (Wildman–Crippen MR) is 321 cm³/mol. The minimum atomic E-state index is -0.736. The Labute approximate surface area is 510 Å². The molecule has 0 N–H and O–H groups in total. The largest absolute Gasteiger partial charge is 0.489 e. The van der Waals surface area contributed by atoms with Crippen LogP contribution in [0.15, 0.2) is 54.6 Å². The number of Topliss-reactive ketones (excluding diaryl/α,β-unsaturated/α-hetero) is 2. The number of likely N-dealkylation sites (N-methyl/N-ethyl adjacent to an activating group) is 2. The number of methoxy groups -OCH3 is 2. The predicted octanol–water partition coefficient (Wildman–Crippen LogP) is 7.09. The number of nitrogens with zero attached hydrogens (tertiary/aromatic N) is 5. The number of ether oxygens (including phenoxy) is 6. The molecule has 9 atom stereocenters. The standard InChI is InChI=1S/C65H99N5O16/c1-12-46(6)62(67(9)65(78)52(44(2)3)41-55(72)61(45(4)5)66(8)31-34-82-36-38-83-37-35-81-33-28-60(76)86-70-57(73)26-27-58(70)74)56(79-10)42-59(75)68-29-18-21-53(68)63(80-11)47(7)54(71)40-50(64(77)69-30-16-17-32-85-69)39-48-22-24-51(25-23-48)84-43-49-19-14-13-15-20-49/h13-15,19-20,22-25,44-47,50,52-53,56,61-63H,12,16-18,21,26-43H2,1-11H3/t46-,47-,50+,52-,53-,56+,61-,62-,63+/m0/s1. The highest BCUT2D eigenvalue weighted by Crippen LogP contribution is 2.33. The summed E-state index contributed by atoms with van der Waals surface area (Å²) >= 11 is 0. The fourth-order valence-electron chi connectivity index (χ4n) is 11.9. The maximum Gasteiger partial charge on any atom is 0.335 e. The Kier molecular flexibility index (Phi) is 30.2. The monoisotopic (exact) mass is 1210 g/mol. The number of likely N-dealkylation sites (tertiary alicyclic amines) is 1. The molecule has 480 valence electrons. The van der Waals surface area contributed by atoms with Gasteiger partial charge in [-0.1, -0.05) is 97.4 Å². The molecule has 3 heterocycles. The minimum Gasteiger partial charge on any atom is -0.489 e. The highest BCUT2D eigenvalue weighted by molar-refractivity contribution is 6.01. The molecule has 0 unspecified atom stereocenters. The molecule has 21 heteroatoms. The van der Waals surface area contributed by atoms with Crippen molar-refractivity contribution in [2.75, 3.05) is 94.2 Å². The molecule has 2 aromatic rings. The van der Waals surface area contributed by atoms with Gasteiger partial charge in [-0.25, -0.2) is 9.86 Å². The van der Waals surface area contributed by atoms with Crippen LogP contribution in [-0.2, 0) is 84.7 Å². The third kappa shape index (κ3) is 21.3. The van der Waals surface area contributed by atoms with Crippen LogP contribution in [0.25, 0.3) is 0 Å². The van der Waals surface area contributed by atoms with Crippen LogP contribution < -0.4 is 4.74 Å². The lowest BCUT2D eigenvalue weighted by Crippen LogP contribution is -2.54. The van der Waals surface area contributed by atoms with E-state index in [1.165, 1.54) is 5.06 Å². The number of hydroxylamine groups is 4. The number of rotatable bonds is 39. The molecular formula is C65H99N5O16. The first-order chi connectivity index (χ1) is 41.2. The lowest BCUT2D eigenvalue weighted by atomic mass is 9.83. The average molecular weight is 1210 g/mol. The van der Waals surface area contributed by atoms with Crippen molar-refractivity contribution in [2.24, 2.45) is 35.5 Å². The fourth-order valence-corrected chi connectivity index (χ4v) is 11.9. The highest BCUT2D eigenvalue weighted by Gasteiger charge is 2.44. The molecule has 0 radical (unpaired) electrons. The molecule has 5 rings (SSSR count). The second kappa shape index (κ2) is 36.6. The summed E-state index contributed by atoms with van der Waals surface area (Å²) in [4.78, 5) is 124. The Morgan fingerprint density at radius 2 is 1.36 bits per heavy atom. The van der Waals surface area contributed by atoms with Crippen LogP contribution in [0.5, 0.6) is 5.75 Å². The van der Waals surface area contributed by atoms with E-state index in [-0.39, 0.29) is 105 Å². The summed E-state index contributed by atoms with van der Waals surface area (Å²) < 4.78 is 35.2. The second-order valence-corrected chi connectivity index (χ2v) is 23.9. The zero-order valence-corrected chi connectivity index (χ0v) is 53.1. The Hall–Kier alpha value is -5.68. The summed E-state index contributed by atoms with van der Waals surface area (Å²) in [5, 5.41) is 1.92. The van der Waals surface area contributed by atoms with Crippen molar-refractivity contribution in [1.29, 1.82) is 0 Å². The van der Waals surface area contributed by atoms with Crippen LogP contribution in [0.1, 0.15) is 130 Å². The molecule has 5 amide bonds. The van der Waals surface area contributed by atoms with E-state index < -0.39 is 65.9 Å². The van der Waals surface area contributed by atoms with E-state index in [2.05, 4.69) is 0 Å². The molecule has 3 saturated heterocycles. The molecule has 3 fully saturated rings. The number of ketones is 2. The van der Waals surface area contributed by atoms with Gasteiger partial charge in [0.25, 0.3) is 11.8 Å². The SMILES string of the molecule is CC[C@H](C)[C@@H]([C@@H](CC(=O)N1CCC[C@H]1[C@H](OC)[C@@H](C)C(=O)C[C@@H](Cc1ccc(OCc2ccccc2)cc1)C(=O)N1CCCCO1)OC)N(C)C(=O)[C@@H](CC(=O)[C@H](C(C)C)N(C)CCOCCOCCOCCC(=O)ON1C(=O)CCC1=O)C(C)C. The van der Waals surface area contributed by atoms with Gasteiger partial charge in [-0.3, -0.25) is 43.3 Å². The molecule has 0 aliphatic carbocycles. The zero-order chi connectivity index (χ0) is 62.9.